The van der Waals surface area contributed by atoms with Crippen LogP contribution in [0.15, 0.2) is 48.5 Å². The number of ether oxygens (including phenoxy) is 3. The van der Waals surface area contributed by atoms with E-state index in [9.17, 15) is 14.4 Å². The number of methoxy groups -OCH3 is 1. The summed E-state index contributed by atoms with van der Waals surface area (Å²) in [4.78, 5) is 40.6. The van der Waals surface area contributed by atoms with E-state index in [1.54, 1.807) is 32.9 Å². The Labute approximate surface area is 285 Å². The van der Waals surface area contributed by atoms with Crippen molar-refractivity contribution in [1.82, 2.24) is 5.32 Å². The molecule has 0 aromatic heterocycles. The first kappa shape index (κ1) is 35.9. The number of carbonyl (C=O) groups excluding carboxylic acids is 3. The predicted octanol–water partition coefficient (Wildman–Crippen LogP) is 7.52. The fraction of sp³-hybridized carbons (Fsp3) is 0.605. The second-order valence-electron chi connectivity index (χ2n) is 16.5. The summed E-state index contributed by atoms with van der Waals surface area (Å²) in [5.74, 6) is 0.125. The summed E-state index contributed by atoms with van der Waals surface area (Å²) in [7, 11) is 0.836. The van der Waals surface area contributed by atoms with Gasteiger partial charge >= 0.3 is 19.2 Å². The summed E-state index contributed by atoms with van der Waals surface area (Å²) in [5, 5.41) is 2.82. The molecule has 1 heterocycles. The largest absolute Gasteiger partial charge is 0.496 e. The van der Waals surface area contributed by atoms with Gasteiger partial charge in [0.15, 0.2) is 5.78 Å². The molecule has 1 saturated heterocycles. The highest BCUT2D eigenvalue weighted by atomic mass is 16.7. The highest BCUT2D eigenvalue weighted by Crippen LogP contribution is 2.66. The molecule has 1 amide bonds. The van der Waals surface area contributed by atoms with Crippen LogP contribution in [0.1, 0.15) is 109 Å². The second kappa shape index (κ2) is 13.2. The van der Waals surface area contributed by atoms with Crippen LogP contribution in [0.4, 0.5) is 4.79 Å². The van der Waals surface area contributed by atoms with E-state index >= 15 is 0 Å². The van der Waals surface area contributed by atoms with E-state index in [0.29, 0.717) is 35.1 Å². The average molecular weight is 662 g/mol. The van der Waals surface area contributed by atoms with E-state index < -0.39 is 47.8 Å². The van der Waals surface area contributed by atoms with Crippen molar-refractivity contribution in [1.29, 1.82) is 0 Å². The Kier molecular flexibility index (Phi) is 9.85. The molecule has 9 nitrogen and oxygen atoms in total. The number of ketones is 1. The smallest absolute Gasteiger partial charge is 0.461 e. The molecule has 4 aliphatic rings. The molecule has 10 heteroatoms. The molecule has 6 atom stereocenters. The summed E-state index contributed by atoms with van der Waals surface area (Å²) in [6, 6.07) is 13.6. The van der Waals surface area contributed by atoms with Crippen LogP contribution in [0.3, 0.4) is 0 Å². The molecular weight excluding hydrogens is 609 g/mol. The van der Waals surface area contributed by atoms with E-state index in [2.05, 4.69) is 26.1 Å². The van der Waals surface area contributed by atoms with Crippen molar-refractivity contribution in [3.8, 4) is 5.75 Å². The van der Waals surface area contributed by atoms with Gasteiger partial charge in [-0.25, -0.2) is 9.59 Å². The molecule has 6 rings (SSSR count). The Morgan fingerprint density at radius 1 is 0.938 bits per heavy atom. The quantitative estimate of drug-likeness (QED) is 0.206. The molecule has 260 valence electrons. The van der Waals surface area contributed by atoms with Crippen molar-refractivity contribution in [3.05, 3.63) is 65.2 Å². The van der Waals surface area contributed by atoms with Crippen LogP contribution in [0.25, 0.3) is 0 Å². The molecule has 1 N–H and O–H groups in total. The van der Waals surface area contributed by atoms with Crippen molar-refractivity contribution in [2.45, 2.75) is 123 Å². The van der Waals surface area contributed by atoms with Gasteiger partial charge < -0.3 is 28.8 Å². The van der Waals surface area contributed by atoms with Crippen LogP contribution in [0.5, 0.6) is 5.75 Å². The molecule has 2 bridgehead atoms. The Hall–Kier alpha value is -3.37. The Bertz CT molecular complexity index is 1510. The fourth-order valence-corrected chi connectivity index (χ4v) is 7.93. The number of rotatable bonds is 10. The van der Waals surface area contributed by atoms with Gasteiger partial charge in [-0.3, -0.25) is 4.79 Å². The molecule has 2 aromatic rings. The van der Waals surface area contributed by atoms with Gasteiger partial charge in [0.1, 0.15) is 28.6 Å². The minimum absolute atomic E-state index is 0.0279. The van der Waals surface area contributed by atoms with E-state index in [1.807, 2.05) is 57.2 Å². The lowest BCUT2D eigenvalue weighted by atomic mass is 9.43. The number of benzene rings is 2. The minimum Gasteiger partial charge on any atom is -0.496 e. The summed E-state index contributed by atoms with van der Waals surface area (Å²) in [6.07, 6.45) is 1.59. The monoisotopic (exact) mass is 661 g/mol. The van der Waals surface area contributed by atoms with Crippen molar-refractivity contribution >= 4 is 25.0 Å². The van der Waals surface area contributed by atoms with E-state index in [4.69, 9.17) is 23.5 Å². The first-order valence-corrected chi connectivity index (χ1v) is 17.1. The Morgan fingerprint density at radius 2 is 1.60 bits per heavy atom. The Morgan fingerprint density at radius 3 is 2.21 bits per heavy atom. The SMILES string of the molecule is COc1c(C[C@H](CC(=O)[C@H](NC(=O)OC(C)(C)C)c2ccccc2)B2OC3C[C@@H]4C[C@@H](C4(C)C)[C@]3(C)O2)cccc1C(=O)OC(C)(C)C. The lowest BCUT2D eigenvalue weighted by molar-refractivity contribution is -0.199. The topological polar surface area (TPSA) is 109 Å². The summed E-state index contributed by atoms with van der Waals surface area (Å²) in [5.41, 5.74) is -0.0827. The van der Waals surface area contributed by atoms with Crippen LogP contribution in [-0.4, -0.2) is 55.0 Å². The number of amides is 1. The van der Waals surface area contributed by atoms with Crippen molar-refractivity contribution in [2.75, 3.05) is 7.11 Å². The molecule has 2 aromatic carbocycles. The number of nitrogens with one attached hydrogen (secondary N) is 1. The van der Waals surface area contributed by atoms with Crippen molar-refractivity contribution in [2.24, 2.45) is 17.3 Å². The molecule has 3 saturated carbocycles. The summed E-state index contributed by atoms with van der Waals surface area (Å²) >= 11 is 0. The zero-order valence-electron chi connectivity index (χ0n) is 30.2. The maximum atomic E-state index is 14.4. The number of esters is 1. The third kappa shape index (κ3) is 7.44. The molecule has 3 aliphatic carbocycles. The van der Waals surface area contributed by atoms with Crippen LogP contribution >= 0.6 is 0 Å². The maximum Gasteiger partial charge on any atom is 0.461 e. The number of para-hydroxylation sites is 1. The van der Waals surface area contributed by atoms with E-state index in [0.717, 1.165) is 18.4 Å². The lowest BCUT2D eigenvalue weighted by Crippen LogP contribution is -2.65. The van der Waals surface area contributed by atoms with E-state index in [1.165, 1.54) is 7.11 Å². The van der Waals surface area contributed by atoms with Gasteiger partial charge in [0.05, 0.1) is 18.8 Å². The Balaban J connectivity index is 1.48. The van der Waals surface area contributed by atoms with Gasteiger partial charge in [-0.15, -0.1) is 0 Å². The zero-order valence-corrected chi connectivity index (χ0v) is 30.2. The number of carbonyl (C=O) groups is 3. The van der Waals surface area contributed by atoms with Gasteiger partial charge in [0.2, 0.25) is 0 Å². The van der Waals surface area contributed by atoms with Crippen LogP contribution in [0.2, 0.25) is 5.82 Å². The maximum absolute atomic E-state index is 14.4. The van der Waals surface area contributed by atoms with E-state index in [-0.39, 0.29) is 23.7 Å². The lowest BCUT2D eigenvalue weighted by Gasteiger charge is -2.64. The molecule has 48 heavy (non-hydrogen) atoms. The number of Topliss-reactive ketones (excluding diaryl/α,β-unsaturated/α-hetero) is 1. The normalized spacial score (nSPS) is 25.6. The number of alkyl carbamates (subject to hydrolysis) is 1. The summed E-state index contributed by atoms with van der Waals surface area (Å²) < 4.78 is 30.7. The standard InChI is InChI=1S/C38H52BNO8/c1-35(2,3)45-33(42)27-18-14-17-24(32(27)44-10)19-26(39-47-30-21-25-20-29(37(25,7)8)38(30,9)48-39)22-28(41)31(23-15-12-11-13-16-23)40-34(43)46-36(4,5)6/h11-18,25-26,29-31H,19-22H2,1-10H3,(H,40,43)/t25-,26+,29-,30?,31+,38-/m0/s1. The number of hydrogen-bond donors (Lipinski definition) is 1. The molecule has 0 spiro atoms. The fourth-order valence-electron chi connectivity index (χ4n) is 7.93. The van der Waals surface area contributed by atoms with Gasteiger partial charge in [-0.1, -0.05) is 56.3 Å². The van der Waals surface area contributed by atoms with Gasteiger partial charge in [-0.05, 0) is 102 Å². The first-order chi connectivity index (χ1) is 22.3. The van der Waals surface area contributed by atoms with Crippen molar-refractivity contribution in [3.63, 3.8) is 0 Å². The first-order valence-electron chi connectivity index (χ1n) is 17.1. The third-order valence-electron chi connectivity index (χ3n) is 10.3. The number of hydrogen-bond acceptors (Lipinski definition) is 8. The minimum atomic E-state index is -0.954. The molecule has 1 unspecified atom stereocenters. The average Bonchev–Trinajstić information content (AvgIpc) is 3.35. The highest BCUT2D eigenvalue weighted by Gasteiger charge is 2.68. The molecular formula is C38H52BNO8. The van der Waals surface area contributed by atoms with Gasteiger partial charge in [-0.2, -0.15) is 0 Å². The van der Waals surface area contributed by atoms with Gasteiger partial charge in [0.25, 0.3) is 0 Å². The highest BCUT2D eigenvalue weighted by molar-refractivity contribution is 6.48. The van der Waals surface area contributed by atoms with Crippen LogP contribution < -0.4 is 10.1 Å². The molecule has 1 aliphatic heterocycles. The van der Waals surface area contributed by atoms with Crippen LogP contribution in [0, 0.1) is 17.3 Å². The molecule has 4 fully saturated rings. The van der Waals surface area contributed by atoms with Crippen molar-refractivity contribution < 1.29 is 37.9 Å². The van der Waals surface area contributed by atoms with Gasteiger partial charge in [0, 0.05) is 12.2 Å². The van der Waals surface area contributed by atoms with Crippen LogP contribution in [-0.2, 0) is 30.0 Å². The molecule has 0 radical (unpaired) electrons. The summed E-state index contributed by atoms with van der Waals surface area (Å²) in [6.45, 7) is 17.6. The second-order valence-corrected chi connectivity index (χ2v) is 16.5. The third-order valence-corrected chi connectivity index (χ3v) is 10.3. The zero-order chi connectivity index (χ0) is 35.2. The predicted molar refractivity (Wildman–Crippen MR) is 184 cm³/mol.